The minimum atomic E-state index is -0.00887. The first-order valence-corrected chi connectivity index (χ1v) is 11.0. The number of rotatable bonds is 7. The first-order chi connectivity index (χ1) is 14.6. The Bertz CT molecular complexity index is 864. The number of carbonyl (C=O) groups excluding carboxylic acids is 2. The summed E-state index contributed by atoms with van der Waals surface area (Å²) in [5.74, 6) is 1.34. The van der Waals surface area contributed by atoms with E-state index in [-0.39, 0.29) is 11.8 Å². The van der Waals surface area contributed by atoms with Gasteiger partial charge in [-0.3, -0.25) is 9.59 Å². The van der Waals surface area contributed by atoms with Gasteiger partial charge in [-0.1, -0.05) is 19.1 Å². The molecule has 2 aromatic rings. The summed E-state index contributed by atoms with van der Waals surface area (Å²) in [5.41, 5.74) is 2.69. The lowest BCUT2D eigenvalue weighted by Crippen LogP contribution is -2.39. The molecule has 1 aliphatic heterocycles. The van der Waals surface area contributed by atoms with E-state index in [0.717, 1.165) is 56.5 Å². The minimum Gasteiger partial charge on any atom is -0.493 e. The highest BCUT2D eigenvalue weighted by atomic mass is 16.5. The summed E-state index contributed by atoms with van der Waals surface area (Å²) in [6.07, 6.45) is 5.04. The number of amides is 2. The number of hydrogen-bond donors (Lipinski definition) is 1. The van der Waals surface area contributed by atoms with Gasteiger partial charge in [-0.05, 0) is 80.0 Å². The summed E-state index contributed by atoms with van der Waals surface area (Å²) in [4.78, 5) is 26.7. The molecule has 0 radical (unpaired) electrons. The minimum absolute atomic E-state index is 0.00887. The zero-order valence-electron chi connectivity index (χ0n) is 17.6. The molecule has 2 aliphatic rings. The molecular formula is C25H30N2O3. The SMILES string of the molecule is CCc1ccc(C(=O)N2CCC(COc3ccc(C(=O)NC4CC4)cc3)CC2)cc1. The Morgan fingerprint density at radius 2 is 1.57 bits per heavy atom. The number of likely N-dealkylation sites (tertiary alicyclic amines) is 1. The number of nitrogens with zero attached hydrogens (tertiary/aromatic N) is 1. The number of aryl methyl sites for hydroxylation is 1. The number of ether oxygens (including phenoxy) is 1. The quantitative estimate of drug-likeness (QED) is 0.754. The normalized spacial score (nSPS) is 16.9. The third kappa shape index (κ3) is 5.21. The van der Waals surface area contributed by atoms with Crippen molar-refractivity contribution >= 4 is 11.8 Å². The highest BCUT2D eigenvalue weighted by Gasteiger charge is 2.25. The average molecular weight is 407 g/mol. The van der Waals surface area contributed by atoms with E-state index in [1.165, 1.54) is 5.56 Å². The highest BCUT2D eigenvalue weighted by Crippen LogP contribution is 2.22. The molecule has 1 heterocycles. The molecule has 0 spiro atoms. The van der Waals surface area contributed by atoms with Crippen LogP contribution in [0, 0.1) is 5.92 Å². The van der Waals surface area contributed by atoms with Crippen LogP contribution < -0.4 is 10.1 Å². The maximum absolute atomic E-state index is 12.7. The van der Waals surface area contributed by atoms with E-state index >= 15 is 0 Å². The van der Waals surface area contributed by atoms with Crippen molar-refractivity contribution < 1.29 is 14.3 Å². The first-order valence-electron chi connectivity index (χ1n) is 11.0. The van der Waals surface area contributed by atoms with Gasteiger partial charge in [0.15, 0.2) is 0 Å². The molecule has 2 fully saturated rings. The van der Waals surface area contributed by atoms with Crippen LogP contribution in [-0.2, 0) is 6.42 Å². The molecule has 0 bridgehead atoms. The van der Waals surface area contributed by atoms with Crippen molar-refractivity contribution in [3.8, 4) is 5.75 Å². The van der Waals surface area contributed by atoms with Crippen molar-refractivity contribution in [3.63, 3.8) is 0 Å². The van der Waals surface area contributed by atoms with Crippen LogP contribution in [0.25, 0.3) is 0 Å². The number of hydrogen-bond acceptors (Lipinski definition) is 3. The Morgan fingerprint density at radius 3 is 2.17 bits per heavy atom. The molecule has 0 aromatic heterocycles. The van der Waals surface area contributed by atoms with Crippen LogP contribution in [0.5, 0.6) is 5.75 Å². The van der Waals surface area contributed by atoms with Crippen LogP contribution in [0.3, 0.4) is 0 Å². The average Bonchev–Trinajstić information content (AvgIpc) is 3.62. The highest BCUT2D eigenvalue weighted by molar-refractivity contribution is 5.95. The molecule has 4 rings (SSSR count). The van der Waals surface area contributed by atoms with E-state index in [1.807, 2.05) is 53.4 Å². The fourth-order valence-electron chi connectivity index (χ4n) is 3.78. The van der Waals surface area contributed by atoms with Crippen LogP contribution in [0.2, 0.25) is 0 Å². The van der Waals surface area contributed by atoms with Crippen molar-refractivity contribution in [3.05, 3.63) is 65.2 Å². The number of piperidine rings is 1. The summed E-state index contributed by atoms with van der Waals surface area (Å²) in [6.45, 7) is 4.29. The van der Waals surface area contributed by atoms with Crippen LogP contribution in [0.15, 0.2) is 48.5 Å². The lowest BCUT2D eigenvalue weighted by Gasteiger charge is -2.32. The predicted octanol–water partition coefficient (Wildman–Crippen LogP) is 4.07. The van der Waals surface area contributed by atoms with Crippen molar-refractivity contribution in [2.24, 2.45) is 5.92 Å². The summed E-state index contributed by atoms with van der Waals surface area (Å²) >= 11 is 0. The van der Waals surface area contributed by atoms with Gasteiger partial charge in [-0.15, -0.1) is 0 Å². The van der Waals surface area contributed by atoms with Crippen molar-refractivity contribution in [1.29, 1.82) is 0 Å². The third-order valence-corrected chi connectivity index (χ3v) is 6.03. The molecule has 0 unspecified atom stereocenters. The maximum atomic E-state index is 12.7. The topological polar surface area (TPSA) is 58.6 Å². The molecule has 1 saturated carbocycles. The van der Waals surface area contributed by atoms with Gasteiger partial charge in [0.1, 0.15) is 5.75 Å². The summed E-state index contributed by atoms with van der Waals surface area (Å²) in [7, 11) is 0. The molecule has 1 saturated heterocycles. The second-order valence-electron chi connectivity index (χ2n) is 8.37. The van der Waals surface area contributed by atoms with Gasteiger partial charge in [0.2, 0.25) is 0 Å². The zero-order chi connectivity index (χ0) is 20.9. The summed E-state index contributed by atoms with van der Waals surface area (Å²) in [6, 6.07) is 15.7. The molecule has 5 nitrogen and oxygen atoms in total. The van der Waals surface area contributed by atoms with Gasteiger partial charge >= 0.3 is 0 Å². The molecular weight excluding hydrogens is 376 g/mol. The van der Waals surface area contributed by atoms with E-state index in [2.05, 4.69) is 12.2 Å². The van der Waals surface area contributed by atoms with E-state index in [0.29, 0.717) is 24.1 Å². The van der Waals surface area contributed by atoms with Gasteiger partial charge < -0.3 is 15.0 Å². The predicted molar refractivity (Wildman–Crippen MR) is 117 cm³/mol. The van der Waals surface area contributed by atoms with E-state index < -0.39 is 0 Å². The third-order valence-electron chi connectivity index (χ3n) is 6.03. The van der Waals surface area contributed by atoms with Gasteiger partial charge in [0.25, 0.3) is 11.8 Å². The van der Waals surface area contributed by atoms with Gasteiger partial charge in [0.05, 0.1) is 6.61 Å². The largest absolute Gasteiger partial charge is 0.493 e. The van der Waals surface area contributed by atoms with E-state index in [9.17, 15) is 9.59 Å². The monoisotopic (exact) mass is 406 g/mol. The van der Waals surface area contributed by atoms with Crippen LogP contribution >= 0.6 is 0 Å². The fraction of sp³-hybridized carbons (Fsp3) is 0.440. The first kappa shape index (κ1) is 20.5. The van der Waals surface area contributed by atoms with Crippen molar-refractivity contribution in [1.82, 2.24) is 10.2 Å². The molecule has 2 aromatic carbocycles. The number of benzene rings is 2. The van der Waals surface area contributed by atoms with Gasteiger partial charge in [-0.25, -0.2) is 0 Å². The molecule has 2 amide bonds. The molecule has 1 aliphatic carbocycles. The van der Waals surface area contributed by atoms with Crippen molar-refractivity contribution in [2.45, 2.75) is 45.1 Å². The lowest BCUT2D eigenvalue weighted by molar-refractivity contribution is 0.0660. The number of carbonyl (C=O) groups is 2. The van der Waals surface area contributed by atoms with Gasteiger partial charge in [0, 0.05) is 30.3 Å². The smallest absolute Gasteiger partial charge is 0.253 e. The Hall–Kier alpha value is -2.82. The Labute approximate surface area is 178 Å². The summed E-state index contributed by atoms with van der Waals surface area (Å²) in [5, 5.41) is 2.99. The standard InChI is InChI=1S/C25H30N2O3/c1-2-18-3-5-21(6-4-18)25(29)27-15-13-19(14-16-27)17-30-23-11-7-20(8-12-23)24(28)26-22-9-10-22/h3-8,11-12,19,22H,2,9-10,13-17H2,1H3,(H,26,28). The Balaban J connectivity index is 1.21. The Morgan fingerprint density at radius 1 is 0.933 bits per heavy atom. The number of nitrogens with one attached hydrogen (secondary N) is 1. The van der Waals surface area contributed by atoms with E-state index in [1.54, 1.807) is 0 Å². The fourth-order valence-corrected chi connectivity index (χ4v) is 3.78. The second kappa shape index (κ2) is 9.33. The van der Waals surface area contributed by atoms with Gasteiger partial charge in [-0.2, -0.15) is 0 Å². The maximum Gasteiger partial charge on any atom is 0.253 e. The molecule has 158 valence electrons. The second-order valence-corrected chi connectivity index (χ2v) is 8.37. The lowest BCUT2D eigenvalue weighted by atomic mass is 9.97. The van der Waals surface area contributed by atoms with Crippen LogP contribution in [0.1, 0.15) is 58.9 Å². The summed E-state index contributed by atoms with van der Waals surface area (Å²) < 4.78 is 5.94. The van der Waals surface area contributed by atoms with Crippen LogP contribution in [0.4, 0.5) is 0 Å². The van der Waals surface area contributed by atoms with E-state index in [4.69, 9.17) is 4.74 Å². The van der Waals surface area contributed by atoms with Crippen LogP contribution in [-0.4, -0.2) is 42.5 Å². The molecule has 1 N–H and O–H groups in total. The molecule has 0 atom stereocenters. The Kier molecular flexibility index (Phi) is 6.36. The molecule has 30 heavy (non-hydrogen) atoms. The molecule has 5 heteroatoms. The zero-order valence-corrected chi connectivity index (χ0v) is 17.6. The van der Waals surface area contributed by atoms with Crippen molar-refractivity contribution in [2.75, 3.05) is 19.7 Å².